The standard InChI is InChI=1S/C15H22FNO/c1-2-15(11-18,17-14-5-3-4-6-14)12-7-9-13(16)10-8-12/h7-10,14,17-18H,2-6,11H2,1H3. The summed E-state index contributed by atoms with van der Waals surface area (Å²) < 4.78 is 13.0. The van der Waals surface area contributed by atoms with Gasteiger partial charge < -0.3 is 10.4 Å². The Bertz CT molecular complexity index is 367. The molecule has 0 aromatic heterocycles. The minimum atomic E-state index is -0.428. The molecular weight excluding hydrogens is 229 g/mol. The van der Waals surface area contributed by atoms with Crippen molar-refractivity contribution in [2.24, 2.45) is 0 Å². The molecule has 1 aromatic rings. The molecule has 3 heteroatoms. The highest BCUT2D eigenvalue weighted by Crippen LogP contribution is 2.29. The number of halogens is 1. The molecule has 1 fully saturated rings. The molecule has 100 valence electrons. The number of rotatable bonds is 5. The van der Waals surface area contributed by atoms with Crippen LogP contribution in [-0.4, -0.2) is 17.8 Å². The summed E-state index contributed by atoms with van der Waals surface area (Å²) in [6.07, 6.45) is 5.65. The number of benzene rings is 1. The van der Waals surface area contributed by atoms with Crippen molar-refractivity contribution in [3.05, 3.63) is 35.6 Å². The smallest absolute Gasteiger partial charge is 0.123 e. The molecule has 1 unspecified atom stereocenters. The lowest BCUT2D eigenvalue weighted by molar-refractivity contribution is 0.141. The Morgan fingerprint density at radius 1 is 1.28 bits per heavy atom. The van der Waals surface area contributed by atoms with Gasteiger partial charge in [-0.05, 0) is 37.0 Å². The Labute approximate surface area is 108 Å². The fraction of sp³-hybridized carbons (Fsp3) is 0.600. The second-order valence-electron chi connectivity index (χ2n) is 5.23. The van der Waals surface area contributed by atoms with Gasteiger partial charge in [-0.3, -0.25) is 0 Å². The zero-order chi connectivity index (χ0) is 13.0. The zero-order valence-corrected chi connectivity index (χ0v) is 11.0. The van der Waals surface area contributed by atoms with Gasteiger partial charge in [0.05, 0.1) is 12.1 Å². The summed E-state index contributed by atoms with van der Waals surface area (Å²) in [5.41, 5.74) is 0.545. The van der Waals surface area contributed by atoms with Crippen molar-refractivity contribution in [3.63, 3.8) is 0 Å². The van der Waals surface area contributed by atoms with Crippen LogP contribution in [0.4, 0.5) is 4.39 Å². The molecule has 1 atom stereocenters. The molecule has 2 rings (SSSR count). The Balaban J connectivity index is 2.21. The lowest BCUT2D eigenvalue weighted by atomic mass is 9.87. The average Bonchev–Trinajstić information content (AvgIpc) is 2.90. The number of hydrogen-bond acceptors (Lipinski definition) is 2. The van der Waals surface area contributed by atoms with E-state index in [0.717, 1.165) is 12.0 Å². The summed E-state index contributed by atoms with van der Waals surface area (Å²) in [7, 11) is 0. The molecule has 0 bridgehead atoms. The molecule has 18 heavy (non-hydrogen) atoms. The fourth-order valence-electron chi connectivity index (χ4n) is 2.87. The van der Waals surface area contributed by atoms with Crippen molar-refractivity contribution in [2.75, 3.05) is 6.61 Å². The predicted molar refractivity (Wildman–Crippen MR) is 70.8 cm³/mol. The summed E-state index contributed by atoms with van der Waals surface area (Å²) in [5, 5.41) is 13.4. The quantitative estimate of drug-likeness (QED) is 0.843. The summed E-state index contributed by atoms with van der Waals surface area (Å²) in [4.78, 5) is 0. The third kappa shape index (κ3) is 2.73. The molecule has 0 heterocycles. The van der Waals surface area contributed by atoms with E-state index in [4.69, 9.17) is 0 Å². The van der Waals surface area contributed by atoms with Crippen LogP contribution in [0.25, 0.3) is 0 Å². The first kappa shape index (κ1) is 13.5. The van der Waals surface area contributed by atoms with Crippen LogP contribution >= 0.6 is 0 Å². The van der Waals surface area contributed by atoms with Gasteiger partial charge in [-0.15, -0.1) is 0 Å². The van der Waals surface area contributed by atoms with Gasteiger partial charge in [-0.25, -0.2) is 4.39 Å². The minimum Gasteiger partial charge on any atom is -0.394 e. The largest absolute Gasteiger partial charge is 0.394 e. The Kier molecular flexibility index (Phi) is 4.36. The van der Waals surface area contributed by atoms with E-state index in [1.165, 1.54) is 37.8 Å². The van der Waals surface area contributed by atoms with E-state index in [2.05, 4.69) is 12.2 Å². The number of aliphatic hydroxyl groups excluding tert-OH is 1. The van der Waals surface area contributed by atoms with Crippen LogP contribution in [0.15, 0.2) is 24.3 Å². The summed E-state index contributed by atoms with van der Waals surface area (Å²) >= 11 is 0. The maximum Gasteiger partial charge on any atom is 0.123 e. The molecular formula is C15H22FNO. The lowest BCUT2D eigenvalue weighted by Gasteiger charge is -2.35. The maximum atomic E-state index is 13.0. The van der Waals surface area contributed by atoms with E-state index in [1.807, 2.05) is 0 Å². The lowest BCUT2D eigenvalue weighted by Crippen LogP contribution is -2.49. The van der Waals surface area contributed by atoms with Crippen molar-refractivity contribution in [2.45, 2.75) is 50.6 Å². The SMILES string of the molecule is CCC(CO)(NC1CCCC1)c1ccc(F)cc1. The second kappa shape index (κ2) is 5.81. The molecule has 1 aliphatic carbocycles. The first-order valence-corrected chi connectivity index (χ1v) is 6.85. The van der Waals surface area contributed by atoms with Gasteiger partial charge in [-0.2, -0.15) is 0 Å². The molecule has 0 aliphatic heterocycles. The average molecular weight is 251 g/mol. The highest BCUT2D eigenvalue weighted by molar-refractivity contribution is 5.25. The molecule has 0 saturated heterocycles. The van der Waals surface area contributed by atoms with E-state index >= 15 is 0 Å². The third-order valence-electron chi connectivity index (χ3n) is 4.11. The van der Waals surface area contributed by atoms with Crippen LogP contribution in [0.1, 0.15) is 44.6 Å². The monoisotopic (exact) mass is 251 g/mol. The fourth-order valence-corrected chi connectivity index (χ4v) is 2.87. The highest BCUT2D eigenvalue weighted by Gasteiger charge is 2.32. The van der Waals surface area contributed by atoms with Crippen LogP contribution in [0, 0.1) is 5.82 Å². The normalized spacial score (nSPS) is 19.9. The third-order valence-corrected chi connectivity index (χ3v) is 4.11. The summed E-state index contributed by atoms with van der Waals surface area (Å²) in [6.45, 7) is 2.10. The van der Waals surface area contributed by atoms with Gasteiger partial charge in [-0.1, -0.05) is 31.9 Å². The molecule has 1 aliphatic rings. The zero-order valence-electron chi connectivity index (χ0n) is 11.0. The van der Waals surface area contributed by atoms with Gasteiger partial charge in [0.2, 0.25) is 0 Å². The summed E-state index contributed by atoms with van der Waals surface area (Å²) in [5.74, 6) is -0.234. The number of aliphatic hydroxyl groups is 1. The van der Waals surface area contributed by atoms with Gasteiger partial charge in [0.15, 0.2) is 0 Å². The molecule has 2 nitrogen and oxygen atoms in total. The Hall–Kier alpha value is -0.930. The van der Waals surface area contributed by atoms with Gasteiger partial charge in [0, 0.05) is 6.04 Å². The molecule has 1 saturated carbocycles. The predicted octanol–water partition coefficient (Wildman–Crippen LogP) is 2.96. The van der Waals surface area contributed by atoms with Gasteiger partial charge in [0.1, 0.15) is 5.82 Å². The van der Waals surface area contributed by atoms with Crippen LogP contribution in [-0.2, 0) is 5.54 Å². The maximum absolute atomic E-state index is 13.0. The molecule has 1 aromatic carbocycles. The van der Waals surface area contributed by atoms with E-state index < -0.39 is 5.54 Å². The Morgan fingerprint density at radius 3 is 2.39 bits per heavy atom. The Morgan fingerprint density at radius 2 is 1.89 bits per heavy atom. The van der Waals surface area contributed by atoms with Crippen LogP contribution in [0.5, 0.6) is 0 Å². The van der Waals surface area contributed by atoms with Crippen LogP contribution in [0.3, 0.4) is 0 Å². The minimum absolute atomic E-state index is 0.0473. The first-order valence-electron chi connectivity index (χ1n) is 6.85. The van der Waals surface area contributed by atoms with Crippen molar-refractivity contribution in [1.82, 2.24) is 5.32 Å². The van der Waals surface area contributed by atoms with Crippen molar-refractivity contribution < 1.29 is 9.50 Å². The topological polar surface area (TPSA) is 32.3 Å². The van der Waals surface area contributed by atoms with E-state index in [9.17, 15) is 9.50 Å². The molecule has 2 N–H and O–H groups in total. The number of hydrogen-bond donors (Lipinski definition) is 2. The van der Waals surface area contributed by atoms with E-state index in [-0.39, 0.29) is 12.4 Å². The van der Waals surface area contributed by atoms with E-state index in [0.29, 0.717) is 6.04 Å². The molecule has 0 spiro atoms. The molecule has 0 amide bonds. The van der Waals surface area contributed by atoms with Crippen molar-refractivity contribution >= 4 is 0 Å². The van der Waals surface area contributed by atoms with Gasteiger partial charge in [0.25, 0.3) is 0 Å². The number of nitrogens with one attached hydrogen (secondary N) is 1. The summed E-state index contributed by atoms with van der Waals surface area (Å²) in [6, 6.07) is 6.95. The molecule has 0 radical (unpaired) electrons. The van der Waals surface area contributed by atoms with Crippen LogP contribution in [0.2, 0.25) is 0 Å². The highest BCUT2D eigenvalue weighted by atomic mass is 19.1. The van der Waals surface area contributed by atoms with Crippen molar-refractivity contribution in [1.29, 1.82) is 0 Å². The first-order chi connectivity index (χ1) is 8.70. The van der Waals surface area contributed by atoms with Crippen molar-refractivity contribution in [3.8, 4) is 0 Å². The van der Waals surface area contributed by atoms with Gasteiger partial charge >= 0.3 is 0 Å². The van der Waals surface area contributed by atoms with Crippen LogP contribution < -0.4 is 5.32 Å². The second-order valence-corrected chi connectivity index (χ2v) is 5.23. The van der Waals surface area contributed by atoms with E-state index in [1.54, 1.807) is 12.1 Å².